The Morgan fingerprint density at radius 3 is 2.94 bits per heavy atom. The van der Waals surface area contributed by atoms with Gasteiger partial charge in [-0.15, -0.1) is 0 Å². The Kier molecular flexibility index (Phi) is 4.62. The van der Waals surface area contributed by atoms with Crippen molar-refractivity contribution in [1.82, 2.24) is 9.97 Å². The highest BCUT2D eigenvalue weighted by molar-refractivity contribution is 5.78. The molecule has 17 heavy (non-hydrogen) atoms. The van der Waals surface area contributed by atoms with Gasteiger partial charge in [-0.05, 0) is 12.2 Å². The minimum absolute atomic E-state index is 0.487. The zero-order valence-corrected chi connectivity index (χ0v) is 9.60. The summed E-state index contributed by atoms with van der Waals surface area (Å²) in [7, 11) is 1.51. The van der Waals surface area contributed by atoms with Crippen LogP contribution in [0.1, 0.15) is 11.5 Å². The lowest BCUT2D eigenvalue weighted by atomic mass is 10.2. The Balaban J connectivity index is 3.03. The zero-order valence-electron chi connectivity index (χ0n) is 9.60. The number of allylic oxidation sites excluding steroid dienone is 3. The number of aromatic amines is 1. The van der Waals surface area contributed by atoms with Crippen molar-refractivity contribution >= 4 is 30.1 Å². The summed E-state index contributed by atoms with van der Waals surface area (Å²) in [6.45, 7) is 7.49. The van der Waals surface area contributed by atoms with Gasteiger partial charge in [0.2, 0.25) is 0 Å². The maximum Gasteiger partial charge on any atom is 0.181 e. The van der Waals surface area contributed by atoms with Crippen molar-refractivity contribution in [3.05, 3.63) is 36.8 Å². The van der Waals surface area contributed by atoms with Crippen LogP contribution < -0.4 is 0 Å². The third-order valence-corrected chi connectivity index (χ3v) is 1.89. The van der Waals surface area contributed by atoms with E-state index in [0.717, 1.165) is 0 Å². The molecule has 0 aromatic carbocycles. The molecule has 1 aromatic heterocycles. The molecule has 5 nitrogen and oxygen atoms in total. The van der Waals surface area contributed by atoms with Crippen molar-refractivity contribution in [2.45, 2.75) is 0 Å². The molecule has 0 saturated carbocycles. The highest BCUT2D eigenvalue weighted by Gasteiger charge is 2.07. The SMILES string of the molecule is C=Cc1[nH]c(C(=C)/C=C\C=N)nc1/N=C/OC. The van der Waals surface area contributed by atoms with Crippen LogP contribution in [0, 0.1) is 5.41 Å². The van der Waals surface area contributed by atoms with Gasteiger partial charge in [0.05, 0.1) is 12.8 Å². The third-order valence-electron chi connectivity index (χ3n) is 1.89. The van der Waals surface area contributed by atoms with Crippen molar-refractivity contribution in [3.8, 4) is 0 Å². The third kappa shape index (κ3) is 3.27. The van der Waals surface area contributed by atoms with Crippen LogP contribution in [0.3, 0.4) is 0 Å². The van der Waals surface area contributed by atoms with Crippen LogP contribution in [0.25, 0.3) is 11.6 Å². The van der Waals surface area contributed by atoms with Crippen LogP contribution in [0.5, 0.6) is 0 Å². The average molecular weight is 230 g/mol. The first-order valence-corrected chi connectivity index (χ1v) is 4.87. The number of hydrogen-bond donors (Lipinski definition) is 2. The minimum atomic E-state index is 0.487. The van der Waals surface area contributed by atoms with Gasteiger partial charge in [0.1, 0.15) is 5.82 Å². The maximum atomic E-state index is 6.89. The normalized spacial score (nSPS) is 10.9. The molecule has 5 heteroatoms. The van der Waals surface area contributed by atoms with Crippen LogP contribution in [-0.2, 0) is 4.74 Å². The number of ether oxygens (including phenoxy) is 1. The summed E-state index contributed by atoms with van der Waals surface area (Å²) in [5, 5.41) is 6.89. The van der Waals surface area contributed by atoms with E-state index in [1.807, 2.05) is 0 Å². The smallest absolute Gasteiger partial charge is 0.181 e. The molecule has 0 spiro atoms. The second-order valence-electron chi connectivity index (χ2n) is 3.05. The molecule has 1 aromatic rings. The monoisotopic (exact) mass is 230 g/mol. The molecule has 88 valence electrons. The number of nitrogens with zero attached hydrogens (tertiary/aromatic N) is 2. The number of rotatable bonds is 6. The summed E-state index contributed by atoms with van der Waals surface area (Å²) in [5.41, 5.74) is 1.35. The van der Waals surface area contributed by atoms with Gasteiger partial charge in [0.25, 0.3) is 0 Å². The summed E-state index contributed by atoms with van der Waals surface area (Å²) in [6.07, 6.45) is 7.33. The molecule has 1 heterocycles. The molecule has 0 aliphatic carbocycles. The van der Waals surface area contributed by atoms with Crippen molar-refractivity contribution in [3.63, 3.8) is 0 Å². The van der Waals surface area contributed by atoms with Gasteiger partial charge in [-0.1, -0.05) is 19.2 Å². The van der Waals surface area contributed by atoms with Gasteiger partial charge in [0.15, 0.2) is 12.2 Å². The summed E-state index contributed by atoms with van der Waals surface area (Å²) in [6, 6.07) is 0. The lowest BCUT2D eigenvalue weighted by Gasteiger charge is -1.91. The molecule has 0 aliphatic heterocycles. The number of aliphatic imine (C=N–C) groups is 1. The van der Waals surface area contributed by atoms with E-state index in [4.69, 9.17) is 10.1 Å². The maximum absolute atomic E-state index is 6.89. The molecule has 0 aliphatic rings. The first kappa shape index (κ1) is 12.6. The van der Waals surface area contributed by atoms with Crippen LogP contribution >= 0.6 is 0 Å². The van der Waals surface area contributed by atoms with Crippen LogP contribution in [-0.4, -0.2) is 29.7 Å². The molecule has 0 saturated heterocycles. The minimum Gasteiger partial charge on any atom is -0.486 e. The fourth-order valence-electron chi connectivity index (χ4n) is 1.12. The number of nitrogens with one attached hydrogen (secondary N) is 2. The summed E-state index contributed by atoms with van der Waals surface area (Å²) in [5.74, 6) is 1.07. The van der Waals surface area contributed by atoms with Crippen molar-refractivity contribution in [2.75, 3.05) is 7.11 Å². The summed E-state index contributed by atoms with van der Waals surface area (Å²) in [4.78, 5) is 11.3. The molecule has 0 bridgehead atoms. The number of hydrogen-bond acceptors (Lipinski definition) is 4. The highest BCUT2D eigenvalue weighted by Crippen LogP contribution is 2.20. The first-order chi connectivity index (χ1) is 8.22. The Bertz CT molecular complexity index is 483. The molecule has 0 amide bonds. The van der Waals surface area contributed by atoms with Gasteiger partial charge in [0, 0.05) is 11.8 Å². The lowest BCUT2D eigenvalue weighted by molar-refractivity contribution is 0.423. The standard InChI is InChI=1S/C12H14N4O/c1-4-10-12(14-8-17-3)16-11(15-10)9(2)6-5-7-13/h4-8,13H,1-2H2,3H3,(H,15,16)/b6-5-,13-7?,14-8+. The Morgan fingerprint density at radius 2 is 2.35 bits per heavy atom. The van der Waals surface area contributed by atoms with E-state index in [1.165, 1.54) is 19.7 Å². The van der Waals surface area contributed by atoms with E-state index in [1.54, 1.807) is 18.2 Å². The van der Waals surface area contributed by atoms with Gasteiger partial charge in [-0.2, -0.15) is 4.99 Å². The fourth-order valence-corrected chi connectivity index (χ4v) is 1.12. The fraction of sp³-hybridized carbons (Fsp3) is 0.0833. The van der Waals surface area contributed by atoms with E-state index in [9.17, 15) is 0 Å². The Labute approximate surface area is 99.8 Å². The van der Waals surface area contributed by atoms with Crippen LogP contribution in [0.2, 0.25) is 0 Å². The van der Waals surface area contributed by atoms with E-state index in [2.05, 4.69) is 28.1 Å². The average Bonchev–Trinajstić information content (AvgIpc) is 2.76. The van der Waals surface area contributed by atoms with Crippen molar-refractivity contribution in [2.24, 2.45) is 4.99 Å². The largest absolute Gasteiger partial charge is 0.486 e. The van der Waals surface area contributed by atoms with Gasteiger partial charge < -0.3 is 15.1 Å². The predicted octanol–water partition coefficient (Wildman–Crippen LogP) is 2.58. The number of imidazole rings is 1. The molecule has 0 atom stereocenters. The molecule has 2 N–H and O–H groups in total. The van der Waals surface area contributed by atoms with Crippen molar-refractivity contribution in [1.29, 1.82) is 5.41 Å². The van der Waals surface area contributed by atoms with Gasteiger partial charge in [-0.25, -0.2) is 4.98 Å². The second kappa shape index (κ2) is 6.22. The quantitative estimate of drug-likeness (QED) is 0.447. The summed E-state index contributed by atoms with van der Waals surface area (Å²) < 4.78 is 4.73. The summed E-state index contributed by atoms with van der Waals surface area (Å²) >= 11 is 0. The van der Waals surface area contributed by atoms with E-state index >= 15 is 0 Å². The number of methoxy groups -OCH3 is 1. The van der Waals surface area contributed by atoms with E-state index in [-0.39, 0.29) is 0 Å². The number of aromatic nitrogens is 2. The van der Waals surface area contributed by atoms with Gasteiger partial charge >= 0.3 is 0 Å². The van der Waals surface area contributed by atoms with Gasteiger partial charge in [-0.3, -0.25) is 0 Å². The van der Waals surface area contributed by atoms with E-state index in [0.29, 0.717) is 22.9 Å². The molecule has 0 fully saturated rings. The predicted molar refractivity (Wildman–Crippen MR) is 70.8 cm³/mol. The number of H-pyrrole nitrogens is 1. The topological polar surface area (TPSA) is 74.1 Å². The molecule has 1 rings (SSSR count). The first-order valence-electron chi connectivity index (χ1n) is 4.87. The lowest BCUT2D eigenvalue weighted by Crippen LogP contribution is -1.82. The zero-order chi connectivity index (χ0) is 12.7. The van der Waals surface area contributed by atoms with Crippen LogP contribution in [0.15, 0.2) is 30.3 Å². The molecular weight excluding hydrogens is 216 g/mol. The Hall–Kier alpha value is -2.43. The van der Waals surface area contributed by atoms with E-state index < -0.39 is 0 Å². The highest BCUT2D eigenvalue weighted by atomic mass is 16.5. The molecule has 0 radical (unpaired) electrons. The Morgan fingerprint density at radius 1 is 1.59 bits per heavy atom. The van der Waals surface area contributed by atoms with Crippen molar-refractivity contribution < 1.29 is 4.74 Å². The van der Waals surface area contributed by atoms with Crippen LogP contribution in [0.4, 0.5) is 5.82 Å². The second-order valence-corrected chi connectivity index (χ2v) is 3.05. The molecule has 0 unspecified atom stereocenters. The molecular formula is C12H14N4O.